The molecule has 43 heavy (non-hydrogen) atoms. The van der Waals surface area contributed by atoms with Gasteiger partial charge in [0.2, 0.25) is 11.8 Å². The fraction of sp³-hybridized carbons (Fsp3) is 0.667. The number of nitrogens with one attached hydrogen (secondary N) is 2. The van der Waals surface area contributed by atoms with Crippen molar-refractivity contribution in [3.8, 4) is 0 Å². The van der Waals surface area contributed by atoms with Gasteiger partial charge in [-0.1, -0.05) is 19.0 Å². The second kappa shape index (κ2) is 10.0. The van der Waals surface area contributed by atoms with Crippen molar-refractivity contribution in [3.05, 3.63) is 41.1 Å². The molecule has 5 aliphatic carbocycles. The fourth-order valence-corrected chi connectivity index (χ4v) is 7.52. The summed E-state index contributed by atoms with van der Waals surface area (Å²) in [4.78, 5) is 31.1. The van der Waals surface area contributed by atoms with Gasteiger partial charge in [-0.05, 0) is 79.0 Å². The van der Waals surface area contributed by atoms with Crippen molar-refractivity contribution in [3.63, 3.8) is 0 Å². The molecule has 10 nitrogen and oxygen atoms in total. The first-order valence-corrected chi connectivity index (χ1v) is 15.3. The molecule has 8 rings (SSSR count). The van der Waals surface area contributed by atoms with Gasteiger partial charge in [-0.3, -0.25) is 9.59 Å². The molecule has 1 unspecified atom stereocenters. The maximum Gasteiger partial charge on any atom is 0.276 e. The van der Waals surface area contributed by atoms with Gasteiger partial charge in [0.15, 0.2) is 11.3 Å². The van der Waals surface area contributed by atoms with Crippen LogP contribution in [0.1, 0.15) is 123 Å². The molecule has 13 heteroatoms. The van der Waals surface area contributed by atoms with E-state index in [0.717, 1.165) is 18.4 Å². The molecule has 0 saturated heterocycles. The Balaban J connectivity index is 1.13. The van der Waals surface area contributed by atoms with Crippen LogP contribution in [0.2, 0.25) is 0 Å². The van der Waals surface area contributed by atoms with Crippen molar-refractivity contribution in [1.29, 1.82) is 0 Å². The molecule has 0 aliphatic heterocycles. The summed E-state index contributed by atoms with van der Waals surface area (Å²) in [6.45, 7) is 3.74. The number of hydrogen-bond donors (Lipinski definition) is 2. The summed E-state index contributed by atoms with van der Waals surface area (Å²) in [5.41, 5.74) is 1.13. The van der Waals surface area contributed by atoms with E-state index in [2.05, 4.69) is 26.0 Å². The van der Waals surface area contributed by atoms with Gasteiger partial charge in [0.05, 0.1) is 30.2 Å². The fourth-order valence-electron chi connectivity index (χ4n) is 7.52. The minimum atomic E-state index is -2.73. The molecule has 5 fully saturated rings. The Morgan fingerprint density at radius 2 is 1.72 bits per heavy atom. The standard InChI is InChI=1S/C30H36F3N7O3/c1-16(2)23-26(39-43-38-23)27(42)37-25(18-5-7-30(32,33)8-6-18)20-12-40-21(35-20)9-19(11-34-40)24(17-3-4-17)36-22(41)10-28-13-29(31,14-28)15-28/h9,11-12,16-18,24-25H,3-8,10,13-15H2,1-2H3,(H,36,41)(H,37,42)/t24?,25-,28-,29+/m0/s1. The predicted molar refractivity (Wildman–Crippen MR) is 147 cm³/mol. The third kappa shape index (κ3) is 5.39. The van der Waals surface area contributed by atoms with Crippen molar-refractivity contribution in [2.24, 2.45) is 17.3 Å². The molecule has 2 atom stereocenters. The van der Waals surface area contributed by atoms with E-state index in [9.17, 15) is 22.8 Å². The Hall–Kier alpha value is -3.51. The second-order valence-corrected chi connectivity index (χ2v) is 13.8. The maximum atomic E-state index is 14.1. The number of alkyl halides is 3. The molecular weight excluding hydrogens is 563 g/mol. The zero-order valence-electron chi connectivity index (χ0n) is 24.3. The van der Waals surface area contributed by atoms with Gasteiger partial charge in [-0.25, -0.2) is 27.3 Å². The lowest BCUT2D eigenvalue weighted by Gasteiger charge is -2.65. The Morgan fingerprint density at radius 1 is 1.02 bits per heavy atom. The lowest BCUT2D eigenvalue weighted by molar-refractivity contribution is -0.215. The first-order chi connectivity index (χ1) is 20.4. The average Bonchev–Trinajstić information content (AvgIpc) is 3.47. The number of amides is 2. The zero-order chi connectivity index (χ0) is 30.1. The number of nitrogens with zero attached hydrogens (tertiary/aromatic N) is 5. The third-order valence-electron chi connectivity index (χ3n) is 9.85. The van der Waals surface area contributed by atoms with Crippen LogP contribution in [-0.4, -0.2) is 48.3 Å². The van der Waals surface area contributed by atoms with E-state index in [1.165, 1.54) is 0 Å². The summed E-state index contributed by atoms with van der Waals surface area (Å²) in [6.07, 6.45) is 7.10. The second-order valence-electron chi connectivity index (χ2n) is 13.8. The van der Waals surface area contributed by atoms with Crippen LogP contribution in [0.15, 0.2) is 23.1 Å². The SMILES string of the molecule is CC(C)c1nonc1C(=O)N[C@H](c1cn2ncc(C(NC(=O)C[C@]34C[C@@](F)(C3)C4)C3CC3)cc2n1)C1CCC(F)(F)CC1. The van der Waals surface area contributed by atoms with Gasteiger partial charge < -0.3 is 10.6 Å². The van der Waals surface area contributed by atoms with E-state index in [0.29, 0.717) is 48.6 Å². The smallest absolute Gasteiger partial charge is 0.276 e. The Kier molecular flexibility index (Phi) is 6.59. The van der Waals surface area contributed by atoms with Crippen molar-refractivity contribution in [2.75, 3.05) is 0 Å². The van der Waals surface area contributed by atoms with Gasteiger partial charge in [0, 0.05) is 25.2 Å². The molecule has 2 N–H and O–H groups in total. The van der Waals surface area contributed by atoms with Gasteiger partial charge in [-0.15, -0.1) is 0 Å². The summed E-state index contributed by atoms with van der Waals surface area (Å²) in [6, 6.07) is 1.00. The number of rotatable bonds is 10. The molecule has 2 amide bonds. The molecule has 3 heterocycles. The normalized spacial score (nSPS) is 27.8. The highest BCUT2D eigenvalue weighted by molar-refractivity contribution is 5.93. The van der Waals surface area contributed by atoms with Crippen LogP contribution in [0.5, 0.6) is 0 Å². The summed E-state index contributed by atoms with van der Waals surface area (Å²) < 4.78 is 48.5. The van der Waals surface area contributed by atoms with Crippen LogP contribution in [0, 0.1) is 17.3 Å². The van der Waals surface area contributed by atoms with Crippen molar-refractivity contribution < 1.29 is 27.4 Å². The minimum Gasteiger partial charge on any atom is -0.349 e. The largest absolute Gasteiger partial charge is 0.349 e. The van der Waals surface area contributed by atoms with Crippen LogP contribution in [0.4, 0.5) is 13.2 Å². The van der Waals surface area contributed by atoms with Crippen molar-refractivity contribution in [2.45, 2.75) is 108 Å². The first kappa shape index (κ1) is 28.3. The molecule has 3 aromatic heterocycles. The van der Waals surface area contributed by atoms with Gasteiger partial charge >= 0.3 is 0 Å². The molecule has 5 aliphatic rings. The van der Waals surface area contributed by atoms with Crippen molar-refractivity contribution >= 4 is 17.5 Å². The number of aromatic nitrogens is 5. The quantitative estimate of drug-likeness (QED) is 0.320. The number of carbonyl (C=O) groups excluding carboxylic acids is 2. The van der Waals surface area contributed by atoms with Crippen molar-refractivity contribution in [1.82, 2.24) is 35.5 Å². The van der Waals surface area contributed by atoms with Gasteiger partial charge in [0.25, 0.3) is 5.91 Å². The van der Waals surface area contributed by atoms with Crippen LogP contribution < -0.4 is 10.6 Å². The molecule has 0 aromatic carbocycles. The first-order valence-electron chi connectivity index (χ1n) is 15.3. The third-order valence-corrected chi connectivity index (χ3v) is 9.85. The van der Waals surface area contributed by atoms with E-state index in [-0.39, 0.29) is 60.6 Å². The van der Waals surface area contributed by atoms with E-state index >= 15 is 0 Å². The highest BCUT2D eigenvalue weighted by Gasteiger charge is 2.69. The van der Waals surface area contributed by atoms with Gasteiger partial charge in [0.1, 0.15) is 11.4 Å². The van der Waals surface area contributed by atoms with Crippen LogP contribution in [0.25, 0.3) is 5.65 Å². The van der Waals surface area contributed by atoms with Gasteiger partial charge in [-0.2, -0.15) is 5.10 Å². The van der Waals surface area contributed by atoms with E-state index in [1.54, 1.807) is 16.9 Å². The number of hydrogen-bond acceptors (Lipinski definition) is 7. The topological polar surface area (TPSA) is 127 Å². The van der Waals surface area contributed by atoms with Crippen LogP contribution in [0.3, 0.4) is 0 Å². The minimum absolute atomic E-state index is 0.0638. The molecular formula is C30H36F3N7O3. The number of halogens is 3. The maximum absolute atomic E-state index is 14.1. The monoisotopic (exact) mass is 599 g/mol. The molecule has 0 spiro atoms. The molecule has 2 bridgehead atoms. The predicted octanol–water partition coefficient (Wildman–Crippen LogP) is 5.38. The Labute approximate surface area is 246 Å². The molecule has 0 radical (unpaired) electrons. The van der Waals surface area contributed by atoms with Crippen LogP contribution >= 0.6 is 0 Å². The lowest BCUT2D eigenvalue weighted by Crippen LogP contribution is -2.65. The number of carbonyl (C=O) groups is 2. The number of imidazole rings is 1. The molecule has 230 valence electrons. The average molecular weight is 600 g/mol. The van der Waals surface area contributed by atoms with E-state index in [4.69, 9.17) is 9.61 Å². The zero-order valence-corrected chi connectivity index (χ0v) is 24.3. The highest BCUT2D eigenvalue weighted by Crippen LogP contribution is 2.71. The highest BCUT2D eigenvalue weighted by atomic mass is 19.3. The Morgan fingerprint density at radius 3 is 2.37 bits per heavy atom. The summed E-state index contributed by atoms with van der Waals surface area (Å²) in [5, 5.41) is 18.4. The van der Waals surface area contributed by atoms with E-state index in [1.807, 2.05) is 19.9 Å². The van der Waals surface area contributed by atoms with Crippen LogP contribution in [-0.2, 0) is 4.79 Å². The summed E-state index contributed by atoms with van der Waals surface area (Å²) in [5.74, 6) is -3.37. The summed E-state index contributed by atoms with van der Waals surface area (Å²) >= 11 is 0. The Bertz CT molecular complexity index is 1540. The molecule has 3 aromatic rings. The molecule has 5 saturated carbocycles. The summed E-state index contributed by atoms with van der Waals surface area (Å²) in [7, 11) is 0. The van der Waals surface area contributed by atoms with E-state index < -0.39 is 23.5 Å². The lowest BCUT2D eigenvalue weighted by atomic mass is 9.41. The number of fused-ring (bicyclic) bond motifs is 1.